The van der Waals surface area contributed by atoms with Gasteiger partial charge in [-0.1, -0.05) is 12.2 Å². The van der Waals surface area contributed by atoms with Gasteiger partial charge in [-0.3, -0.25) is 0 Å². The molecule has 2 rings (SSSR count). The van der Waals surface area contributed by atoms with Crippen molar-refractivity contribution in [2.24, 2.45) is 7.05 Å². The smallest absolute Gasteiger partial charge is 0.240 e. The van der Waals surface area contributed by atoms with Crippen molar-refractivity contribution in [1.29, 1.82) is 0 Å². The van der Waals surface area contributed by atoms with E-state index in [0.29, 0.717) is 0 Å². The van der Waals surface area contributed by atoms with Crippen molar-refractivity contribution in [3.8, 4) is 0 Å². The lowest BCUT2D eigenvalue weighted by atomic mass is 10.1. The lowest BCUT2D eigenvalue weighted by molar-refractivity contribution is -0.671. The van der Waals surface area contributed by atoms with Gasteiger partial charge in [0.25, 0.3) is 0 Å². The Morgan fingerprint density at radius 3 is 3.00 bits per heavy atom. The van der Waals surface area contributed by atoms with Crippen LogP contribution in [0.25, 0.3) is 0 Å². The van der Waals surface area contributed by atoms with E-state index in [1.165, 1.54) is 18.4 Å². The number of unbranched alkanes of at least 4 members (excludes halogenated alkanes) is 1. The van der Waals surface area contributed by atoms with Crippen LogP contribution in [0.15, 0.2) is 48.3 Å². The van der Waals surface area contributed by atoms with Crippen LogP contribution in [0.5, 0.6) is 0 Å². The summed E-state index contributed by atoms with van der Waals surface area (Å²) in [5.74, 6) is 0. The highest BCUT2D eigenvalue weighted by Gasteiger charge is 2.00. The maximum Gasteiger partial charge on any atom is 0.243 e. The molecule has 1 aromatic heterocycles. The van der Waals surface area contributed by atoms with E-state index in [1.54, 1.807) is 0 Å². The lowest BCUT2D eigenvalue weighted by Crippen LogP contribution is -2.23. The van der Waals surface area contributed by atoms with Crippen LogP contribution in [0.1, 0.15) is 19.3 Å². The maximum atomic E-state index is 3.23. The van der Waals surface area contributed by atoms with Crippen molar-refractivity contribution < 1.29 is 4.57 Å². The highest BCUT2D eigenvalue weighted by Crippen LogP contribution is 2.11. The Morgan fingerprint density at radius 1 is 1.40 bits per heavy atom. The van der Waals surface area contributed by atoms with Gasteiger partial charge in [-0.25, -0.2) is 9.13 Å². The molecule has 0 saturated heterocycles. The molecule has 0 fully saturated rings. The molecule has 15 heavy (non-hydrogen) atoms. The second kappa shape index (κ2) is 4.81. The summed E-state index contributed by atoms with van der Waals surface area (Å²) in [4.78, 5) is 0. The lowest BCUT2D eigenvalue weighted by Gasteiger charge is -1.97. The van der Waals surface area contributed by atoms with Gasteiger partial charge in [-0.05, 0) is 30.9 Å². The topological polar surface area (TPSA) is 8.81 Å². The van der Waals surface area contributed by atoms with Crippen molar-refractivity contribution in [1.82, 2.24) is 4.57 Å². The summed E-state index contributed by atoms with van der Waals surface area (Å²) in [5, 5.41) is 0. The number of rotatable bonds is 5. The second-order valence-electron chi connectivity index (χ2n) is 3.97. The predicted molar refractivity (Wildman–Crippen MR) is 60.2 cm³/mol. The highest BCUT2D eigenvalue weighted by molar-refractivity contribution is 5.28. The third-order valence-corrected chi connectivity index (χ3v) is 2.60. The van der Waals surface area contributed by atoms with E-state index in [4.69, 9.17) is 0 Å². The molecule has 0 amide bonds. The molecule has 0 aromatic carbocycles. The van der Waals surface area contributed by atoms with Gasteiger partial charge >= 0.3 is 0 Å². The summed E-state index contributed by atoms with van der Waals surface area (Å²) in [6.07, 6.45) is 16.1. The van der Waals surface area contributed by atoms with E-state index in [-0.39, 0.29) is 0 Å². The predicted octanol–water partition coefficient (Wildman–Crippen LogP) is 2.13. The first-order valence-electron chi connectivity index (χ1n) is 5.48. The molecule has 0 aliphatic heterocycles. The molecule has 78 valence electrons. The molecule has 0 unspecified atom stereocenters. The van der Waals surface area contributed by atoms with Crippen molar-refractivity contribution in [2.75, 3.05) is 0 Å². The van der Waals surface area contributed by atoms with Crippen LogP contribution in [-0.2, 0) is 13.6 Å². The summed E-state index contributed by atoms with van der Waals surface area (Å²) in [6, 6.07) is 0. The summed E-state index contributed by atoms with van der Waals surface area (Å²) >= 11 is 0. The summed E-state index contributed by atoms with van der Waals surface area (Å²) < 4.78 is 4.31. The monoisotopic (exact) mass is 201 g/mol. The molecule has 0 spiro atoms. The molecule has 1 aliphatic rings. The number of imidazole rings is 1. The molecule has 1 aliphatic carbocycles. The third-order valence-electron chi connectivity index (χ3n) is 2.60. The highest BCUT2D eigenvalue weighted by atomic mass is 15.1. The molecule has 0 bridgehead atoms. The number of hydrogen-bond acceptors (Lipinski definition) is 0. The third kappa shape index (κ3) is 2.97. The Morgan fingerprint density at radius 2 is 2.33 bits per heavy atom. The van der Waals surface area contributed by atoms with Crippen LogP contribution in [0.3, 0.4) is 0 Å². The Labute approximate surface area is 90.9 Å². The molecular weight excluding hydrogens is 184 g/mol. The Kier molecular flexibility index (Phi) is 3.21. The normalized spacial score (nSPS) is 13.5. The van der Waals surface area contributed by atoms with Gasteiger partial charge in [0.15, 0.2) is 0 Å². The number of hydrogen-bond donors (Lipinski definition) is 0. The number of nitrogens with zero attached hydrogens (tertiary/aromatic N) is 2. The van der Waals surface area contributed by atoms with Crippen LogP contribution in [-0.4, -0.2) is 4.57 Å². The molecule has 1 aromatic rings. The van der Waals surface area contributed by atoms with Crippen LogP contribution in [0.2, 0.25) is 0 Å². The van der Waals surface area contributed by atoms with E-state index >= 15 is 0 Å². The second-order valence-corrected chi connectivity index (χ2v) is 3.97. The van der Waals surface area contributed by atoms with E-state index < -0.39 is 0 Å². The first kappa shape index (κ1) is 10.0. The van der Waals surface area contributed by atoms with Gasteiger partial charge in [-0.2, -0.15) is 0 Å². The number of allylic oxidation sites excluding steroid dienone is 3. The van der Waals surface area contributed by atoms with Crippen LogP contribution in [0, 0.1) is 0 Å². The van der Waals surface area contributed by atoms with Crippen LogP contribution >= 0.6 is 0 Å². The van der Waals surface area contributed by atoms with Crippen molar-refractivity contribution in [2.45, 2.75) is 25.8 Å². The Bertz CT molecular complexity index is 417. The van der Waals surface area contributed by atoms with E-state index in [1.807, 2.05) is 6.08 Å². The fourth-order valence-electron chi connectivity index (χ4n) is 1.77. The van der Waals surface area contributed by atoms with Gasteiger partial charge in [0.05, 0.1) is 13.6 Å². The Balaban J connectivity index is 1.67. The fraction of sp³-hybridized carbons (Fsp3) is 0.385. The van der Waals surface area contributed by atoms with Crippen molar-refractivity contribution in [3.05, 3.63) is 48.3 Å². The molecule has 0 atom stereocenters. The average Bonchev–Trinajstić information content (AvgIpc) is 2.84. The van der Waals surface area contributed by atoms with Gasteiger partial charge in [0.1, 0.15) is 12.4 Å². The molecule has 1 heterocycles. The zero-order valence-corrected chi connectivity index (χ0v) is 9.19. The molecule has 2 nitrogen and oxygen atoms in total. The van der Waals surface area contributed by atoms with Crippen molar-refractivity contribution >= 4 is 0 Å². The number of aromatic nitrogens is 2. The SMILES string of the molecule is C[n+]1ccn(CCCCC2=C=CC=C2)c1. The largest absolute Gasteiger partial charge is 0.243 e. The Hall–Kier alpha value is -1.53. The zero-order chi connectivity index (χ0) is 10.5. The van der Waals surface area contributed by atoms with Crippen LogP contribution in [0.4, 0.5) is 0 Å². The van der Waals surface area contributed by atoms with Crippen molar-refractivity contribution in [3.63, 3.8) is 0 Å². The molecule has 2 heteroatoms. The molecule has 0 radical (unpaired) electrons. The molecular formula is C13H17N2+. The summed E-state index contributed by atoms with van der Waals surface area (Å²) in [6.45, 7) is 1.11. The van der Waals surface area contributed by atoms with Gasteiger partial charge in [0, 0.05) is 0 Å². The van der Waals surface area contributed by atoms with Gasteiger partial charge in [0.2, 0.25) is 6.33 Å². The molecule has 0 saturated carbocycles. The first-order chi connectivity index (χ1) is 7.34. The fourth-order valence-corrected chi connectivity index (χ4v) is 1.77. The number of aryl methyl sites for hydroxylation is 2. The van der Waals surface area contributed by atoms with Crippen LogP contribution < -0.4 is 4.57 Å². The zero-order valence-electron chi connectivity index (χ0n) is 9.19. The summed E-state index contributed by atoms with van der Waals surface area (Å²) in [5.41, 5.74) is 4.57. The minimum atomic E-state index is 1.11. The minimum absolute atomic E-state index is 1.11. The molecule has 0 N–H and O–H groups in total. The maximum absolute atomic E-state index is 3.23. The van der Waals surface area contributed by atoms with Gasteiger partial charge in [-0.15, -0.1) is 5.73 Å². The standard InChI is InChI=1S/C13H17N2/c1-14-10-11-15(12-14)9-5-4-8-13-6-2-3-7-13/h2-3,6,10-12H,4-5,8-9H2,1H3/q+1. The first-order valence-corrected chi connectivity index (χ1v) is 5.48. The van der Waals surface area contributed by atoms with E-state index in [2.05, 4.69) is 52.8 Å². The average molecular weight is 201 g/mol. The van der Waals surface area contributed by atoms with Gasteiger partial charge < -0.3 is 0 Å². The van der Waals surface area contributed by atoms with E-state index in [0.717, 1.165) is 13.0 Å². The minimum Gasteiger partial charge on any atom is -0.240 e. The quantitative estimate of drug-likeness (QED) is 0.392. The summed E-state index contributed by atoms with van der Waals surface area (Å²) in [7, 11) is 2.05. The van der Waals surface area contributed by atoms with E-state index in [9.17, 15) is 0 Å².